The third kappa shape index (κ3) is 3.15. The average molecular weight is 297 g/mol. The summed E-state index contributed by atoms with van der Waals surface area (Å²) in [7, 11) is 0. The molecule has 1 unspecified atom stereocenters. The Morgan fingerprint density at radius 2 is 2.00 bits per heavy atom. The van der Waals surface area contributed by atoms with Crippen LogP contribution in [0.4, 0.5) is 8.78 Å². The molecule has 0 amide bonds. The smallest absolute Gasteiger partial charge is 0.162 e. The topological polar surface area (TPSA) is 38.0 Å². The number of hydrogen-bond donors (Lipinski definition) is 2. The molecule has 0 heterocycles. The van der Waals surface area contributed by atoms with Gasteiger partial charge >= 0.3 is 0 Å². The molecule has 20 heavy (non-hydrogen) atoms. The minimum atomic E-state index is -0.860. The molecule has 2 aromatic carbocycles. The van der Waals surface area contributed by atoms with Gasteiger partial charge in [-0.1, -0.05) is 29.8 Å². The highest BCUT2D eigenvalue weighted by atomic mass is 35.5. The summed E-state index contributed by atoms with van der Waals surface area (Å²) >= 11 is 5.97. The van der Waals surface area contributed by atoms with Crippen LogP contribution in [0.3, 0.4) is 0 Å². The van der Waals surface area contributed by atoms with Crippen LogP contribution in [0, 0.1) is 18.6 Å². The zero-order valence-electron chi connectivity index (χ0n) is 11.0. The van der Waals surface area contributed by atoms with Crippen LogP contribution in [-0.4, -0.2) is 0 Å². The standard InChI is InChI=1S/C15H15ClF2N2/c1-9-5-6-11(16)8-12(9)14(20-19)7-10-3-2-4-13(17)15(10)18/h2-6,8,14,20H,7,19H2,1H3. The Hall–Kier alpha value is -1.49. The zero-order chi connectivity index (χ0) is 14.7. The van der Waals surface area contributed by atoms with Gasteiger partial charge in [0.25, 0.3) is 0 Å². The number of nitrogens with one attached hydrogen (secondary N) is 1. The number of aryl methyl sites for hydroxylation is 1. The van der Waals surface area contributed by atoms with E-state index in [2.05, 4.69) is 5.43 Å². The predicted molar refractivity (Wildman–Crippen MR) is 76.3 cm³/mol. The molecule has 2 aromatic rings. The lowest BCUT2D eigenvalue weighted by Gasteiger charge is -2.19. The molecule has 0 aromatic heterocycles. The van der Waals surface area contributed by atoms with Gasteiger partial charge in [-0.05, 0) is 48.2 Å². The summed E-state index contributed by atoms with van der Waals surface area (Å²) in [6.45, 7) is 1.91. The molecular formula is C15H15ClF2N2. The molecule has 0 aliphatic heterocycles. The van der Waals surface area contributed by atoms with E-state index in [9.17, 15) is 8.78 Å². The molecule has 0 aliphatic carbocycles. The van der Waals surface area contributed by atoms with Crippen molar-refractivity contribution in [2.24, 2.45) is 5.84 Å². The van der Waals surface area contributed by atoms with E-state index in [1.165, 1.54) is 6.07 Å². The van der Waals surface area contributed by atoms with E-state index < -0.39 is 11.6 Å². The van der Waals surface area contributed by atoms with Gasteiger partial charge in [0.1, 0.15) is 0 Å². The van der Waals surface area contributed by atoms with Crippen molar-refractivity contribution in [1.82, 2.24) is 5.43 Å². The fraction of sp³-hybridized carbons (Fsp3) is 0.200. The van der Waals surface area contributed by atoms with Gasteiger partial charge in [-0.15, -0.1) is 0 Å². The van der Waals surface area contributed by atoms with Crippen LogP contribution in [0.2, 0.25) is 5.02 Å². The van der Waals surface area contributed by atoms with Crippen molar-refractivity contribution in [2.45, 2.75) is 19.4 Å². The monoisotopic (exact) mass is 296 g/mol. The highest BCUT2D eigenvalue weighted by Gasteiger charge is 2.17. The maximum atomic E-state index is 13.7. The second kappa shape index (κ2) is 6.31. The van der Waals surface area contributed by atoms with E-state index in [4.69, 9.17) is 17.4 Å². The van der Waals surface area contributed by atoms with Crippen LogP contribution in [0.1, 0.15) is 22.7 Å². The highest BCUT2D eigenvalue weighted by Crippen LogP contribution is 2.25. The summed E-state index contributed by atoms with van der Waals surface area (Å²) in [5, 5.41) is 0.575. The molecule has 106 valence electrons. The Morgan fingerprint density at radius 3 is 2.70 bits per heavy atom. The van der Waals surface area contributed by atoms with Gasteiger partial charge in [0.2, 0.25) is 0 Å². The number of halogens is 3. The Labute approximate surface area is 121 Å². The van der Waals surface area contributed by atoms with E-state index >= 15 is 0 Å². The summed E-state index contributed by atoms with van der Waals surface area (Å²) in [4.78, 5) is 0. The maximum absolute atomic E-state index is 13.7. The van der Waals surface area contributed by atoms with Crippen LogP contribution in [0.15, 0.2) is 36.4 Å². The van der Waals surface area contributed by atoms with E-state index in [0.717, 1.165) is 17.2 Å². The van der Waals surface area contributed by atoms with E-state index in [-0.39, 0.29) is 18.0 Å². The van der Waals surface area contributed by atoms with Gasteiger partial charge in [0.15, 0.2) is 11.6 Å². The van der Waals surface area contributed by atoms with Crippen molar-refractivity contribution >= 4 is 11.6 Å². The van der Waals surface area contributed by atoms with Gasteiger partial charge in [0, 0.05) is 5.02 Å². The van der Waals surface area contributed by atoms with Crippen LogP contribution < -0.4 is 11.3 Å². The quantitative estimate of drug-likeness (QED) is 0.667. The van der Waals surface area contributed by atoms with Crippen LogP contribution >= 0.6 is 11.6 Å². The van der Waals surface area contributed by atoms with Crippen LogP contribution in [-0.2, 0) is 6.42 Å². The first-order valence-corrected chi connectivity index (χ1v) is 6.55. The predicted octanol–water partition coefficient (Wildman–Crippen LogP) is 3.67. The molecule has 0 fully saturated rings. The molecule has 0 saturated carbocycles. The van der Waals surface area contributed by atoms with Crippen molar-refractivity contribution in [1.29, 1.82) is 0 Å². The van der Waals surface area contributed by atoms with Gasteiger partial charge in [-0.3, -0.25) is 11.3 Å². The second-order valence-corrected chi connectivity index (χ2v) is 5.07. The number of benzene rings is 2. The molecule has 3 N–H and O–H groups in total. The Morgan fingerprint density at radius 1 is 1.25 bits per heavy atom. The lowest BCUT2D eigenvalue weighted by atomic mass is 9.95. The van der Waals surface area contributed by atoms with Crippen molar-refractivity contribution < 1.29 is 8.78 Å². The SMILES string of the molecule is Cc1ccc(Cl)cc1C(Cc1cccc(F)c1F)NN. The van der Waals surface area contributed by atoms with Gasteiger partial charge in [0.05, 0.1) is 6.04 Å². The molecule has 0 aliphatic rings. The zero-order valence-corrected chi connectivity index (χ0v) is 11.7. The van der Waals surface area contributed by atoms with E-state index in [1.807, 2.05) is 13.0 Å². The van der Waals surface area contributed by atoms with Gasteiger partial charge in [-0.25, -0.2) is 8.78 Å². The van der Waals surface area contributed by atoms with Crippen molar-refractivity contribution in [3.05, 3.63) is 69.7 Å². The number of nitrogens with two attached hydrogens (primary N) is 1. The molecule has 0 spiro atoms. The van der Waals surface area contributed by atoms with E-state index in [1.54, 1.807) is 18.2 Å². The normalized spacial score (nSPS) is 12.4. The van der Waals surface area contributed by atoms with Gasteiger partial charge < -0.3 is 0 Å². The second-order valence-electron chi connectivity index (χ2n) is 4.64. The molecule has 1 atom stereocenters. The molecule has 0 bridgehead atoms. The first kappa shape index (κ1) is 14.9. The number of rotatable bonds is 4. The summed E-state index contributed by atoms with van der Waals surface area (Å²) < 4.78 is 27.0. The minimum Gasteiger partial charge on any atom is -0.271 e. The lowest BCUT2D eigenvalue weighted by molar-refractivity contribution is 0.481. The first-order chi connectivity index (χ1) is 9.52. The van der Waals surface area contributed by atoms with Crippen LogP contribution in [0.5, 0.6) is 0 Å². The molecule has 0 radical (unpaired) electrons. The Balaban J connectivity index is 2.34. The third-order valence-electron chi connectivity index (χ3n) is 3.27. The van der Waals surface area contributed by atoms with Crippen molar-refractivity contribution in [3.8, 4) is 0 Å². The minimum absolute atomic E-state index is 0.237. The molecule has 0 saturated heterocycles. The summed E-state index contributed by atoms with van der Waals surface area (Å²) in [6, 6.07) is 9.19. The van der Waals surface area contributed by atoms with Crippen molar-refractivity contribution in [3.63, 3.8) is 0 Å². The lowest BCUT2D eigenvalue weighted by Crippen LogP contribution is -2.30. The van der Waals surface area contributed by atoms with Crippen LogP contribution in [0.25, 0.3) is 0 Å². The number of hydrogen-bond acceptors (Lipinski definition) is 2. The summed E-state index contributed by atoms with van der Waals surface area (Å²) in [6.07, 6.45) is 0.237. The summed E-state index contributed by atoms with van der Waals surface area (Å²) in [5.41, 5.74) is 4.75. The largest absolute Gasteiger partial charge is 0.271 e. The fourth-order valence-electron chi connectivity index (χ4n) is 2.17. The Kier molecular flexibility index (Phi) is 4.70. The van der Waals surface area contributed by atoms with Crippen molar-refractivity contribution in [2.75, 3.05) is 0 Å². The summed E-state index contributed by atoms with van der Waals surface area (Å²) in [5.74, 6) is 3.85. The molecular weight excluding hydrogens is 282 g/mol. The molecule has 2 rings (SSSR count). The average Bonchev–Trinajstić information content (AvgIpc) is 2.43. The van der Waals surface area contributed by atoms with E-state index in [0.29, 0.717) is 5.02 Å². The third-order valence-corrected chi connectivity index (χ3v) is 3.51. The molecule has 5 heteroatoms. The maximum Gasteiger partial charge on any atom is 0.162 e. The highest BCUT2D eigenvalue weighted by molar-refractivity contribution is 6.30. The number of hydrazine groups is 1. The molecule has 2 nitrogen and oxygen atoms in total. The first-order valence-electron chi connectivity index (χ1n) is 6.18. The Bertz CT molecular complexity index is 617. The fourth-order valence-corrected chi connectivity index (χ4v) is 2.35. The van der Waals surface area contributed by atoms with Gasteiger partial charge in [-0.2, -0.15) is 0 Å².